The molecule has 1 heterocycles. The highest BCUT2D eigenvalue weighted by Crippen LogP contribution is 2.23. The predicted octanol–water partition coefficient (Wildman–Crippen LogP) is 2.82. The largest absolute Gasteiger partial charge is 0.317 e. The van der Waals surface area contributed by atoms with Crippen LogP contribution in [0, 0.1) is 24.5 Å². The van der Waals surface area contributed by atoms with Crippen molar-refractivity contribution in [2.24, 2.45) is 5.92 Å². The van der Waals surface area contributed by atoms with Crippen LogP contribution in [0.1, 0.15) is 24.0 Å². The Bertz CT molecular complexity index is 347. The van der Waals surface area contributed by atoms with Crippen LogP contribution >= 0.6 is 0 Å². The third-order valence-corrected chi connectivity index (χ3v) is 3.24. The number of piperidine rings is 1. The molecule has 0 saturated carbocycles. The fourth-order valence-corrected chi connectivity index (χ4v) is 2.30. The molecule has 0 unspecified atom stereocenters. The molecule has 3 heteroatoms. The standard InChI is InChI=1S/C13H17F2N/c1-9-6-12(14)11(13(15)7-9)8-10-2-4-16-5-3-10/h6-7,10,16H,2-5,8H2,1H3. The molecule has 1 fully saturated rings. The van der Waals surface area contributed by atoms with E-state index in [-0.39, 0.29) is 5.56 Å². The maximum Gasteiger partial charge on any atom is 0.129 e. The van der Waals surface area contributed by atoms with Crippen molar-refractivity contribution in [1.82, 2.24) is 5.32 Å². The highest BCUT2D eigenvalue weighted by atomic mass is 19.1. The van der Waals surface area contributed by atoms with Gasteiger partial charge in [-0.2, -0.15) is 0 Å². The van der Waals surface area contributed by atoms with Crippen LogP contribution < -0.4 is 5.32 Å². The minimum absolute atomic E-state index is 0.262. The van der Waals surface area contributed by atoms with Crippen molar-refractivity contribution in [3.8, 4) is 0 Å². The summed E-state index contributed by atoms with van der Waals surface area (Å²) < 4.78 is 27.2. The van der Waals surface area contributed by atoms with E-state index in [0.29, 0.717) is 17.9 Å². The van der Waals surface area contributed by atoms with Gasteiger partial charge in [0.15, 0.2) is 0 Å². The van der Waals surface area contributed by atoms with Crippen molar-refractivity contribution >= 4 is 0 Å². The highest BCUT2D eigenvalue weighted by Gasteiger charge is 2.18. The first-order valence-corrected chi connectivity index (χ1v) is 5.82. The van der Waals surface area contributed by atoms with Crippen LogP contribution in [0.5, 0.6) is 0 Å². The summed E-state index contributed by atoms with van der Waals surface area (Å²) in [6.45, 7) is 3.63. The predicted molar refractivity (Wildman–Crippen MR) is 60.4 cm³/mol. The molecule has 0 atom stereocenters. The van der Waals surface area contributed by atoms with E-state index in [1.807, 2.05) is 0 Å². The van der Waals surface area contributed by atoms with Gasteiger partial charge < -0.3 is 5.32 Å². The number of hydrogen-bond donors (Lipinski definition) is 1. The van der Waals surface area contributed by atoms with Gasteiger partial charge in [-0.05, 0) is 62.9 Å². The van der Waals surface area contributed by atoms with Crippen molar-refractivity contribution in [3.63, 3.8) is 0 Å². The van der Waals surface area contributed by atoms with Crippen LogP contribution in [0.2, 0.25) is 0 Å². The van der Waals surface area contributed by atoms with Gasteiger partial charge in [0, 0.05) is 5.56 Å². The number of benzene rings is 1. The van der Waals surface area contributed by atoms with Crippen LogP contribution in [-0.4, -0.2) is 13.1 Å². The average molecular weight is 225 g/mol. The highest BCUT2D eigenvalue weighted by molar-refractivity contribution is 5.25. The van der Waals surface area contributed by atoms with Crippen LogP contribution in [0.3, 0.4) is 0 Å². The molecule has 1 aromatic rings. The van der Waals surface area contributed by atoms with Gasteiger partial charge in [0.25, 0.3) is 0 Å². The molecule has 0 radical (unpaired) electrons. The van der Waals surface area contributed by atoms with E-state index in [9.17, 15) is 8.78 Å². The first-order valence-electron chi connectivity index (χ1n) is 5.82. The van der Waals surface area contributed by atoms with E-state index >= 15 is 0 Å². The molecule has 0 spiro atoms. The third-order valence-electron chi connectivity index (χ3n) is 3.24. The molecule has 0 aromatic heterocycles. The minimum atomic E-state index is -0.393. The number of hydrogen-bond acceptors (Lipinski definition) is 1. The van der Waals surface area contributed by atoms with Crippen LogP contribution in [0.25, 0.3) is 0 Å². The molecule has 1 N–H and O–H groups in total. The molecule has 1 nitrogen and oxygen atoms in total. The Morgan fingerprint density at radius 2 is 1.75 bits per heavy atom. The van der Waals surface area contributed by atoms with E-state index in [2.05, 4.69) is 5.32 Å². The SMILES string of the molecule is Cc1cc(F)c(CC2CCNCC2)c(F)c1. The van der Waals surface area contributed by atoms with Crippen LogP contribution in [0.15, 0.2) is 12.1 Å². The maximum atomic E-state index is 13.6. The first kappa shape index (κ1) is 11.5. The molecular weight excluding hydrogens is 208 g/mol. The molecule has 1 aliphatic heterocycles. The summed E-state index contributed by atoms with van der Waals surface area (Å²) in [5, 5.41) is 3.25. The Morgan fingerprint density at radius 1 is 1.19 bits per heavy atom. The molecule has 2 rings (SSSR count). The summed E-state index contributed by atoms with van der Waals surface area (Å²) in [6, 6.07) is 2.83. The zero-order valence-corrected chi connectivity index (χ0v) is 9.52. The Kier molecular flexibility index (Phi) is 3.54. The second kappa shape index (κ2) is 4.91. The molecular formula is C13H17F2N. The lowest BCUT2D eigenvalue weighted by Gasteiger charge is -2.23. The van der Waals surface area contributed by atoms with Gasteiger partial charge in [-0.1, -0.05) is 0 Å². The monoisotopic (exact) mass is 225 g/mol. The van der Waals surface area contributed by atoms with E-state index in [4.69, 9.17) is 0 Å². The van der Waals surface area contributed by atoms with E-state index < -0.39 is 11.6 Å². The van der Waals surface area contributed by atoms with Crippen molar-refractivity contribution < 1.29 is 8.78 Å². The molecule has 1 aliphatic rings. The quantitative estimate of drug-likeness (QED) is 0.816. The summed E-state index contributed by atoms with van der Waals surface area (Å²) in [5.41, 5.74) is 0.904. The van der Waals surface area contributed by atoms with Crippen molar-refractivity contribution in [1.29, 1.82) is 0 Å². The molecule has 0 bridgehead atoms. The fourth-order valence-electron chi connectivity index (χ4n) is 2.30. The van der Waals surface area contributed by atoms with Gasteiger partial charge in [-0.25, -0.2) is 8.78 Å². The topological polar surface area (TPSA) is 12.0 Å². The minimum Gasteiger partial charge on any atom is -0.317 e. The van der Waals surface area contributed by atoms with Gasteiger partial charge >= 0.3 is 0 Å². The third kappa shape index (κ3) is 2.59. The summed E-state index contributed by atoms with van der Waals surface area (Å²) in [5.74, 6) is -0.375. The molecule has 0 amide bonds. The summed E-state index contributed by atoms with van der Waals surface area (Å²) in [6.07, 6.45) is 2.54. The number of halogens is 2. The Balaban J connectivity index is 2.14. The zero-order chi connectivity index (χ0) is 11.5. The van der Waals surface area contributed by atoms with Gasteiger partial charge in [0.1, 0.15) is 11.6 Å². The van der Waals surface area contributed by atoms with Gasteiger partial charge in [0.05, 0.1) is 0 Å². The average Bonchev–Trinajstić information content (AvgIpc) is 2.25. The molecule has 16 heavy (non-hydrogen) atoms. The van der Waals surface area contributed by atoms with Crippen molar-refractivity contribution in [2.75, 3.05) is 13.1 Å². The molecule has 0 aliphatic carbocycles. The smallest absolute Gasteiger partial charge is 0.129 e. The Labute approximate surface area is 94.9 Å². The van der Waals surface area contributed by atoms with Crippen LogP contribution in [0.4, 0.5) is 8.78 Å². The van der Waals surface area contributed by atoms with E-state index in [1.165, 1.54) is 12.1 Å². The van der Waals surface area contributed by atoms with E-state index in [1.54, 1.807) is 6.92 Å². The molecule has 1 saturated heterocycles. The van der Waals surface area contributed by atoms with Gasteiger partial charge in [-0.15, -0.1) is 0 Å². The lowest BCUT2D eigenvalue weighted by atomic mass is 9.90. The van der Waals surface area contributed by atoms with Crippen molar-refractivity contribution in [2.45, 2.75) is 26.2 Å². The number of nitrogens with one attached hydrogen (secondary N) is 1. The summed E-state index contributed by atoms with van der Waals surface area (Å²) in [4.78, 5) is 0. The fraction of sp³-hybridized carbons (Fsp3) is 0.538. The van der Waals surface area contributed by atoms with E-state index in [0.717, 1.165) is 25.9 Å². The van der Waals surface area contributed by atoms with Gasteiger partial charge in [0.2, 0.25) is 0 Å². The lowest BCUT2D eigenvalue weighted by Crippen LogP contribution is -2.29. The van der Waals surface area contributed by atoms with Crippen LogP contribution in [-0.2, 0) is 6.42 Å². The molecule has 88 valence electrons. The lowest BCUT2D eigenvalue weighted by molar-refractivity contribution is 0.363. The zero-order valence-electron chi connectivity index (χ0n) is 9.52. The second-order valence-electron chi connectivity index (χ2n) is 4.60. The van der Waals surface area contributed by atoms with Crippen molar-refractivity contribution in [3.05, 3.63) is 34.9 Å². The number of aryl methyl sites for hydroxylation is 1. The maximum absolute atomic E-state index is 13.6. The van der Waals surface area contributed by atoms with Gasteiger partial charge in [-0.3, -0.25) is 0 Å². The molecule has 1 aromatic carbocycles. The second-order valence-corrected chi connectivity index (χ2v) is 4.60. The summed E-state index contributed by atoms with van der Waals surface area (Å²) in [7, 11) is 0. The normalized spacial score (nSPS) is 17.7. The Morgan fingerprint density at radius 3 is 2.31 bits per heavy atom. The number of rotatable bonds is 2. The Hall–Kier alpha value is -0.960. The summed E-state index contributed by atoms with van der Waals surface area (Å²) >= 11 is 0. The first-order chi connectivity index (χ1) is 7.66.